The highest BCUT2D eigenvalue weighted by Crippen LogP contribution is 2.23. The van der Waals surface area contributed by atoms with Crippen LogP contribution in [0.5, 0.6) is 11.7 Å². The van der Waals surface area contributed by atoms with Crippen LogP contribution >= 0.6 is 0 Å². The molecule has 0 aliphatic heterocycles. The maximum Gasteiger partial charge on any atom is 0.290 e. The Morgan fingerprint density at radius 2 is 2.09 bits per heavy atom. The van der Waals surface area contributed by atoms with E-state index in [0.29, 0.717) is 18.8 Å². The standard InChI is InChI=1S/C16H16N4O3/c21-16(17-9-4-11-20-12-10-18-19-20)14-7-8-15(23-14)22-13-5-2-1-3-6-13/h1-3,5-8,10,12H,4,9,11H2,(H,17,21). The molecule has 0 atom stereocenters. The van der Waals surface area contributed by atoms with E-state index in [4.69, 9.17) is 9.15 Å². The quantitative estimate of drug-likeness (QED) is 0.678. The lowest BCUT2D eigenvalue weighted by atomic mass is 10.3. The fourth-order valence-corrected chi connectivity index (χ4v) is 1.98. The van der Waals surface area contributed by atoms with Crippen LogP contribution in [0.4, 0.5) is 0 Å². The van der Waals surface area contributed by atoms with Crippen LogP contribution in [0.25, 0.3) is 0 Å². The second kappa shape index (κ2) is 7.26. The number of nitrogens with one attached hydrogen (secondary N) is 1. The third-order valence-electron chi connectivity index (χ3n) is 3.09. The second-order valence-electron chi connectivity index (χ2n) is 4.81. The number of para-hydroxylation sites is 1. The van der Waals surface area contributed by atoms with Crippen LogP contribution in [-0.4, -0.2) is 27.4 Å². The molecule has 0 unspecified atom stereocenters. The van der Waals surface area contributed by atoms with Crippen LogP contribution in [0.15, 0.2) is 59.3 Å². The van der Waals surface area contributed by atoms with E-state index in [-0.39, 0.29) is 17.6 Å². The van der Waals surface area contributed by atoms with Crippen LogP contribution in [0.2, 0.25) is 0 Å². The first-order chi connectivity index (χ1) is 11.3. The molecule has 1 aromatic carbocycles. The zero-order valence-electron chi connectivity index (χ0n) is 12.4. The number of furan rings is 1. The van der Waals surface area contributed by atoms with Crippen molar-refractivity contribution in [2.75, 3.05) is 6.54 Å². The Morgan fingerprint density at radius 3 is 2.87 bits per heavy atom. The van der Waals surface area contributed by atoms with Gasteiger partial charge in [-0.3, -0.25) is 9.48 Å². The minimum Gasteiger partial charge on any atom is -0.426 e. The number of aromatic nitrogens is 3. The Balaban J connectivity index is 1.46. The molecule has 2 aromatic heterocycles. The lowest BCUT2D eigenvalue weighted by Crippen LogP contribution is -2.24. The van der Waals surface area contributed by atoms with Gasteiger partial charge in [-0.1, -0.05) is 23.4 Å². The number of benzene rings is 1. The molecule has 3 aromatic rings. The molecule has 0 saturated carbocycles. The fraction of sp³-hybridized carbons (Fsp3) is 0.188. The number of hydrogen-bond donors (Lipinski definition) is 1. The predicted molar refractivity (Wildman–Crippen MR) is 82.2 cm³/mol. The SMILES string of the molecule is O=C(NCCCn1ccnn1)c1ccc(Oc2ccccc2)o1. The molecule has 0 radical (unpaired) electrons. The summed E-state index contributed by atoms with van der Waals surface area (Å²) < 4.78 is 12.6. The Kier molecular flexibility index (Phi) is 4.68. The van der Waals surface area contributed by atoms with E-state index in [2.05, 4.69) is 15.6 Å². The van der Waals surface area contributed by atoms with Crippen LogP contribution in [0.3, 0.4) is 0 Å². The highest BCUT2D eigenvalue weighted by molar-refractivity contribution is 5.91. The van der Waals surface area contributed by atoms with E-state index in [1.54, 1.807) is 29.2 Å². The first-order valence-corrected chi connectivity index (χ1v) is 7.26. The van der Waals surface area contributed by atoms with Gasteiger partial charge in [-0.2, -0.15) is 0 Å². The van der Waals surface area contributed by atoms with E-state index in [9.17, 15) is 4.79 Å². The van der Waals surface area contributed by atoms with Crippen LogP contribution in [0, 0.1) is 0 Å². The molecule has 0 fully saturated rings. The lowest BCUT2D eigenvalue weighted by Gasteiger charge is -2.03. The van der Waals surface area contributed by atoms with Gasteiger partial charge in [0, 0.05) is 25.4 Å². The summed E-state index contributed by atoms with van der Waals surface area (Å²) in [5.41, 5.74) is 0. The van der Waals surface area contributed by atoms with Gasteiger partial charge in [-0.05, 0) is 24.6 Å². The number of carbonyl (C=O) groups is 1. The fourth-order valence-electron chi connectivity index (χ4n) is 1.98. The average Bonchev–Trinajstić information content (AvgIpc) is 3.24. The van der Waals surface area contributed by atoms with Gasteiger partial charge in [-0.25, -0.2) is 0 Å². The van der Waals surface area contributed by atoms with Gasteiger partial charge >= 0.3 is 0 Å². The molecule has 3 rings (SSSR count). The second-order valence-corrected chi connectivity index (χ2v) is 4.81. The van der Waals surface area contributed by atoms with E-state index in [1.807, 2.05) is 30.3 Å². The molecule has 1 amide bonds. The van der Waals surface area contributed by atoms with Crippen molar-refractivity contribution in [1.82, 2.24) is 20.3 Å². The molecule has 2 heterocycles. The van der Waals surface area contributed by atoms with Crippen LogP contribution < -0.4 is 10.1 Å². The van der Waals surface area contributed by atoms with Gasteiger partial charge in [0.05, 0.1) is 6.20 Å². The monoisotopic (exact) mass is 312 g/mol. The number of rotatable bonds is 7. The molecule has 1 N–H and O–H groups in total. The summed E-state index contributed by atoms with van der Waals surface area (Å²) in [6.07, 6.45) is 4.15. The predicted octanol–water partition coefficient (Wildman–Crippen LogP) is 2.48. The summed E-state index contributed by atoms with van der Waals surface area (Å²) in [7, 11) is 0. The van der Waals surface area contributed by atoms with E-state index in [0.717, 1.165) is 6.42 Å². The van der Waals surface area contributed by atoms with Gasteiger partial charge in [0.1, 0.15) is 5.75 Å². The zero-order valence-corrected chi connectivity index (χ0v) is 12.4. The third kappa shape index (κ3) is 4.19. The van der Waals surface area contributed by atoms with Crippen molar-refractivity contribution in [2.24, 2.45) is 0 Å². The summed E-state index contributed by atoms with van der Waals surface area (Å²) in [6, 6.07) is 12.5. The van der Waals surface area contributed by atoms with Crippen LogP contribution in [-0.2, 0) is 6.54 Å². The molecule has 118 valence electrons. The first-order valence-electron chi connectivity index (χ1n) is 7.26. The topological polar surface area (TPSA) is 82.2 Å². The largest absolute Gasteiger partial charge is 0.426 e. The molecule has 0 spiro atoms. The maximum absolute atomic E-state index is 12.0. The summed E-state index contributed by atoms with van der Waals surface area (Å²) >= 11 is 0. The number of hydrogen-bond acceptors (Lipinski definition) is 5. The molecule has 0 saturated heterocycles. The highest BCUT2D eigenvalue weighted by Gasteiger charge is 2.11. The maximum atomic E-state index is 12.0. The molecule has 7 nitrogen and oxygen atoms in total. The number of aryl methyl sites for hydroxylation is 1. The van der Waals surface area contributed by atoms with Gasteiger partial charge in [0.2, 0.25) is 0 Å². The van der Waals surface area contributed by atoms with Crippen molar-refractivity contribution < 1.29 is 13.9 Å². The van der Waals surface area contributed by atoms with Gasteiger partial charge in [0.25, 0.3) is 11.9 Å². The normalized spacial score (nSPS) is 10.4. The molecular formula is C16H16N4O3. The van der Waals surface area contributed by atoms with Crippen molar-refractivity contribution >= 4 is 5.91 Å². The zero-order chi connectivity index (χ0) is 15.9. The molecular weight excluding hydrogens is 296 g/mol. The molecule has 0 aliphatic rings. The van der Waals surface area contributed by atoms with Gasteiger partial charge in [-0.15, -0.1) is 5.10 Å². The van der Waals surface area contributed by atoms with E-state index in [1.165, 1.54) is 0 Å². The molecule has 0 bridgehead atoms. The highest BCUT2D eigenvalue weighted by atomic mass is 16.6. The number of nitrogens with zero attached hydrogens (tertiary/aromatic N) is 3. The number of amides is 1. The molecule has 0 aliphatic carbocycles. The van der Waals surface area contributed by atoms with Crippen molar-refractivity contribution in [3.63, 3.8) is 0 Å². The van der Waals surface area contributed by atoms with Crippen molar-refractivity contribution in [3.8, 4) is 11.7 Å². The van der Waals surface area contributed by atoms with E-state index >= 15 is 0 Å². The van der Waals surface area contributed by atoms with Crippen molar-refractivity contribution in [1.29, 1.82) is 0 Å². The average molecular weight is 312 g/mol. The van der Waals surface area contributed by atoms with E-state index < -0.39 is 0 Å². The van der Waals surface area contributed by atoms with Crippen molar-refractivity contribution in [2.45, 2.75) is 13.0 Å². The lowest BCUT2D eigenvalue weighted by molar-refractivity contribution is 0.0920. The molecule has 23 heavy (non-hydrogen) atoms. The smallest absolute Gasteiger partial charge is 0.290 e. The number of ether oxygens (including phenoxy) is 1. The minimum absolute atomic E-state index is 0.219. The van der Waals surface area contributed by atoms with Gasteiger partial charge < -0.3 is 14.5 Å². The Bertz CT molecular complexity index is 738. The summed E-state index contributed by atoms with van der Waals surface area (Å²) in [5, 5.41) is 10.4. The summed E-state index contributed by atoms with van der Waals surface area (Å²) in [5.74, 6) is 0.883. The Hall–Kier alpha value is -3.09. The summed E-state index contributed by atoms with van der Waals surface area (Å²) in [6.45, 7) is 1.22. The summed E-state index contributed by atoms with van der Waals surface area (Å²) in [4.78, 5) is 12.0. The molecule has 7 heteroatoms. The minimum atomic E-state index is -0.272. The third-order valence-corrected chi connectivity index (χ3v) is 3.09. The first kappa shape index (κ1) is 14.8. The Morgan fingerprint density at radius 1 is 1.22 bits per heavy atom. The van der Waals surface area contributed by atoms with Crippen LogP contribution in [0.1, 0.15) is 17.0 Å². The Labute approximate surface area is 132 Å². The van der Waals surface area contributed by atoms with Crippen molar-refractivity contribution in [3.05, 3.63) is 60.6 Å². The number of carbonyl (C=O) groups excluding carboxylic acids is 1. The van der Waals surface area contributed by atoms with Gasteiger partial charge in [0.15, 0.2) is 5.76 Å².